The number of carbonyl (C=O) groups is 1. The third kappa shape index (κ3) is 3.90. The number of aryl methyl sites for hydroxylation is 1. The molecule has 2 aromatic heterocycles. The number of halogens is 3. The van der Waals surface area contributed by atoms with E-state index in [1.807, 2.05) is 0 Å². The van der Waals surface area contributed by atoms with Crippen molar-refractivity contribution >= 4 is 5.91 Å². The normalized spacial score (nSPS) is 13.1. The molecule has 2 rings (SSSR count). The van der Waals surface area contributed by atoms with Gasteiger partial charge in [-0.2, -0.15) is 18.3 Å². The summed E-state index contributed by atoms with van der Waals surface area (Å²) in [4.78, 5) is 11.9. The van der Waals surface area contributed by atoms with Gasteiger partial charge >= 0.3 is 6.18 Å². The molecule has 0 aliphatic carbocycles. The lowest BCUT2D eigenvalue weighted by molar-refractivity contribution is -0.141. The van der Waals surface area contributed by atoms with Crippen molar-refractivity contribution in [1.82, 2.24) is 15.1 Å². The van der Waals surface area contributed by atoms with Crippen LogP contribution in [0.3, 0.4) is 0 Å². The van der Waals surface area contributed by atoms with Crippen LogP contribution in [0, 0.1) is 12.8 Å². The van der Waals surface area contributed by atoms with Crippen molar-refractivity contribution in [3.63, 3.8) is 0 Å². The van der Waals surface area contributed by atoms with E-state index in [9.17, 15) is 18.0 Å². The molecule has 5 nitrogen and oxygen atoms in total. The van der Waals surface area contributed by atoms with E-state index >= 15 is 0 Å². The Bertz CT molecular complexity index is 632. The van der Waals surface area contributed by atoms with Gasteiger partial charge in [-0.15, -0.1) is 0 Å². The van der Waals surface area contributed by atoms with Crippen LogP contribution in [0.5, 0.6) is 0 Å². The van der Waals surface area contributed by atoms with E-state index in [2.05, 4.69) is 10.4 Å². The number of nitrogens with zero attached hydrogens (tertiary/aromatic N) is 2. The second kappa shape index (κ2) is 6.25. The maximum absolute atomic E-state index is 12.6. The van der Waals surface area contributed by atoms with Gasteiger partial charge in [0.1, 0.15) is 5.76 Å². The van der Waals surface area contributed by atoms with E-state index in [0.29, 0.717) is 11.5 Å². The summed E-state index contributed by atoms with van der Waals surface area (Å²) in [5.41, 5.74) is -0.591. The number of rotatable bonds is 5. The van der Waals surface area contributed by atoms with Crippen LogP contribution in [-0.4, -0.2) is 15.7 Å². The molecule has 2 heterocycles. The summed E-state index contributed by atoms with van der Waals surface area (Å²) < 4.78 is 44.0. The number of furan rings is 1. The van der Waals surface area contributed by atoms with Crippen LogP contribution in [0.2, 0.25) is 0 Å². The number of hydrogen-bond acceptors (Lipinski definition) is 3. The summed E-state index contributed by atoms with van der Waals surface area (Å²) in [6.07, 6.45) is -2.99. The fourth-order valence-electron chi connectivity index (χ4n) is 1.94. The Kier molecular flexibility index (Phi) is 4.58. The summed E-state index contributed by atoms with van der Waals surface area (Å²) in [5.74, 6) is -0.190. The Morgan fingerprint density at radius 1 is 1.50 bits per heavy atom. The molecule has 22 heavy (non-hydrogen) atoms. The Hall–Kier alpha value is -2.25. The minimum atomic E-state index is -4.49. The highest BCUT2D eigenvalue weighted by Gasteiger charge is 2.34. The standard InChI is InChI=1S/C14H16F3N3O2/c1-9(13(21)18-7-11-4-3-5-22-11)8-20-10(2)6-12(19-20)14(15,16)17/h3-6,9H,7-8H2,1-2H3,(H,18,21). The van der Waals surface area contributed by atoms with Crippen LogP contribution in [0.1, 0.15) is 24.1 Å². The predicted molar refractivity (Wildman–Crippen MR) is 71.7 cm³/mol. The van der Waals surface area contributed by atoms with Crippen molar-refractivity contribution in [3.05, 3.63) is 41.6 Å². The summed E-state index contributed by atoms with van der Waals surface area (Å²) in [6.45, 7) is 3.47. The highest BCUT2D eigenvalue weighted by molar-refractivity contribution is 5.78. The monoisotopic (exact) mass is 315 g/mol. The van der Waals surface area contributed by atoms with E-state index in [1.165, 1.54) is 17.9 Å². The number of amides is 1. The van der Waals surface area contributed by atoms with E-state index < -0.39 is 17.8 Å². The lowest BCUT2D eigenvalue weighted by atomic mass is 10.1. The number of aromatic nitrogens is 2. The van der Waals surface area contributed by atoms with Crippen LogP contribution < -0.4 is 5.32 Å². The first-order valence-electron chi connectivity index (χ1n) is 6.69. The molecule has 0 bridgehead atoms. The largest absolute Gasteiger partial charge is 0.467 e. The molecule has 120 valence electrons. The summed E-state index contributed by atoms with van der Waals surface area (Å²) in [6, 6.07) is 4.39. The molecule has 0 spiro atoms. The highest BCUT2D eigenvalue weighted by Crippen LogP contribution is 2.28. The quantitative estimate of drug-likeness (QED) is 0.923. The third-order valence-corrected chi connectivity index (χ3v) is 3.18. The van der Waals surface area contributed by atoms with Gasteiger partial charge in [0.25, 0.3) is 0 Å². The van der Waals surface area contributed by atoms with Gasteiger partial charge in [-0.25, -0.2) is 0 Å². The maximum atomic E-state index is 12.6. The topological polar surface area (TPSA) is 60.1 Å². The zero-order chi connectivity index (χ0) is 16.3. The van der Waals surface area contributed by atoms with Crippen LogP contribution in [0.4, 0.5) is 13.2 Å². The predicted octanol–water partition coefficient (Wildman–Crippen LogP) is 2.76. The van der Waals surface area contributed by atoms with E-state index in [1.54, 1.807) is 19.1 Å². The first-order valence-corrected chi connectivity index (χ1v) is 6.69. The Labute approximate surface area is 125 Å². The van der Waals surface area contributed by atoms with Crippen molar-refractivity contribution < 1.29 is 22.4 Å². The van der Waals surface area contributed by atoms with Gasteiger partial charge in [0.05, 0.1) is 25.3 Å². The van der Waals surface area contributed by atoms with E-state index in [4.69, 9.17) is 4.42 Å². The second-order valence-electron chi connectivity index (χ2n) is 5.05. The first kappa shape index (κ1) is 16.1. The average molecular weight is 315 g/mol. The minimum absolute atomic E-state index is 0.0753. The molecule has 0 saturated heterocycles. The molecule has 2 aromatic rings. The maximum Gasteiger partial charge on any atom is 0.435 e. The van der Waals surface area contributed by atoms with Gasteiger partial charge in [0.2, 0.25) is 5.91 Å². The SMILES string of the molecule is Cc1cc(C(F)(F)F)nn1CC(C)C(=O)NCc1ccco1. The Morgan fingerprint density at radius 2 is 2.23 bits per heavy atom. The van der Waals surface area contributed by atoms with Crippen molar-refractivity contribution in [3.8, 4) is 0 Å². The minimum Gasteiger partial charge on any atom is -0.467 e. The lowest BCUT2D eigenvalue weighted by Gasteiger charge is -2.13. The first-order chi connectivity index (χ1) is 10.3. The molecular weight excluding hydrogens is 299 g/mol. The van der Waals surface area contributed by atoms with E-state index in [0.717, 1.165) is 6.07 Å². The fourth-order valence-corrected chi connectivity index (χ4v) is 1.94. The average Bonchev–Trinajstić information content (AvgIpc) is 3.06. The van der Waals surface area contributed by atoms with Gasteiger partial charge in [-0.05, 0) is 25.1 Å². The van der Waals surface area contributed by atoms with E-state index in [-0.39, 0.29) is 19.0 Å². The van der Waals surface area contributed by atoms with Crippen LogP contribution in [0.25, 0.3) is 0 Å². The second-order valence-corrected chi connectivity index (χ2v) is 5.05. The molecule has 1 unspecified atom stereocenters. The number of hydrogen-bond donors (Lipinski definition) is 1. The molecule has 0 radical (unpaired) electrons. The smallest absolute Gasteiger partial charge is 0.435 e. The molecule has 0 fully saturated rings. The molecule has 0 aliphatic heterocycles. The zero-order valence-corrected chi connectivity index (χ0v) is 12.1. The zero-order valence-electron chi connectivity index (χ0n) is 12.1. The molecule has 0 saturated carbocycles. The van der Waals surface area contributed by atoms with Gasteiger partial charge < -0.3 is 9.73 Å². The molecule has 8 heteroatoms. The van der Waals surface area contributed by atoms with Crippen molar-refractivity contribution in [2.45, 2.75) is 33.1 Å². The lowest BCUT2D eigenvalue weighted by Crippen LogP contribution is -2.31. The van der Waals surface area contributed by atoms with Crippen molar-refractivity contribution in [2.24, 2.45) is 5.92 Å². The number of carbonyl (C=O) groups excluding carboxylic acids is 1. The van der Waals surface area contributed by atoms with Crippen molar-refractivity contribution in [2.75, 3.05) is 0 Å². The fraction of sp³-hybridized carbons (Fsp3) is 0.429. The number of alkyl halides is 3. The van der Waals surface area contributed by atoms with Gasteiger partial charge in [0.15, 0.2) is 5.69 Å². The number of nitrogens with one attached hydrogen (secondary N) is 1. The van der Waals surface area contributed by atoms with Crippen LogP contribution >= 0.6 is 0 Å². The summed E-state index contributed by atoms with van der Waals surface area (Å²) in [7, 11) is 0. The molecule has 1 amide bonds. The molecular formula is C14H16F3N3O2. The van der Waals surface area contributed by atoms with Crippen molar-refractivity contribution in [1.29, 1.82) is 0 Å². The molecule has 1 atom stereocenters. The van der Waals surface area contributed by atoms with Gasteiger partial charge in [-0.1, -0.05) is 6.92 Å². The molecule has 0 aliphatic rings. The highest BCUT2D eigenvalue weighted by atomic mass is 19.4. The molecule has 0 aromatic carbocycles. The van der Waals surface area contributed by atoms with Gasteiger partial charge in [0, 0.05) is 5.69 Å². The Balaban J connectivity index is 1.95. The van der Waals surface area contributed by atoms with Crippen LogP contribution in [-0.2, 0) is 24.1 Å². The molecule has 1 N–H and O–H groups in total. The summed E-state index contributed by atoms with van der Waals surface area (Å²) >= 11 is 0. The Morgan fingerprint density at radius 3 is 2.77 bits per heavy atom. The van der Waals surface area contributed by atoms with Gasteiger partial charge in [-0.3, -0.25) is 9.48 Å². The van der Waals surface area contributed by atoms with Crippen LogP contribution in [0.15, 0.2) is 28.9 Å². The third-order valence-electron chi connectivity index (χ3n) is 3.18. The summed E-state index contributed by atoms with van der Waals surface area (Å²) in [5, 5.41) is 6.17.